The Labute approximate surface area is 109 Å². The van der Waals surface area contributed by atoms with E-state index in [-0.39, 0.29) is 0 Å². The van der Waals surface area contributed by atoms with Crippen LogP contribution < -0.4 is 5.32 Å². The van der Waals surface area contributed by atoms with Gasteiger partial charge in [-0.15, -0.1) is 0 Å². The van der Waals surface area contributed by atoms with Gasteiger partial charge in [0.1, 0.15) is 0 Å². The van der Waals surface area contributed by atoms with Crippen molar-refractivity contribution >= 4 is 0 Å². The molecular formula is C15H33NO. The molecule has 0 heterocycles. The highest BCUT2D eigenvalue weighted by Crippen LogP contribution is 2.22. The van der Waals surface area contributed by atoms with E-state index in [4.69, 9.17) is 4.74 Å². The molecule has 1 N–H and O–H groups in total. The fourth-order valence-electron chi connectivity index (χ4n) is 2.22. The summed E-state index contributed by atoms with van der Waals surface area (Å²) in [6.45, 7) is 14.7. The van der Waals surface area contributed by atoms with E-state index in [1.807, 2.05) is 0 Å². The third-order valence-electron chi connectivity index (χ3n) is 3.32. The normalized spacial score (nSPS) is 15.5. The minimum absolute atomic E-state index is 0.740. The second-order valence-corrected chi connectivity index (χ2v) is 6.20. The molecule has 17 heavy (non-hydrogen) atoms. The van der Waals surface area contributed by atoms with Gasteiger partial charge in [-0.2, -0.15) is 0 Å². The second kappa shape index (κ2) is 9.90. The molecule has 0 aliphatic carbocycles. The molecule has 2 nitrogen and oxygen atoms in total. The molecule has 0 aliphatic rings. The van der Waals surface area contributed by atoms with Crippen LogP contribution in [0.5, 0.6) is 0 Å². The molecule has 0 spiro atoms. The Morgan fingerprint density at radius 1 is 0.941 bits per heavy atom. The molecule has 0 saturated heterocycles. The van der Waals surface area contributed by atoms with Gasteiger partial charge in [-0.3, -0.25) is 0 Å². The van der Waals surface area contributed by atoms with E-state index in [2.05, 4.69) is 39.9 Å². The largest absolute Gasteiger partial charge is 0.385 e. The molecule has 2 unspecified atom stereocenters. The summed E-state index contributed by atoms with van der Waals surface area (Å²) >= 11 is 0. The van der Waals surface area contributed by atoms with Crippen LogP contribution in [0, 0.1) is 23.7 Å². The molecule has 0 aromatic carbocycles. The Morgan fingerprint density at radius 2 is 1.59 bits per heavy atom. The number of hydrogen-bond acceptors (Lipinski definition) is 2. The van der Waals surface area contributed by atoms with Crippen molar-refractivity contribution in [3.05, 3.63) is 0 Å². The summed E-state index contributed by atoms with van der Waals surface area (Å²) in [5, 5.41) is 3.61. The predicted octanol–water partition coefficient (Wildman–Crippen LogP) is 3.57. The standard InChI is InChI=1S/C15H33NO/c1-12(2)9-15(11-16-10-13(3)4)14(5)7-8-17-6/h12-16H,7-11H2,1-6H3. The van der Waals surface area contributed by atoms with Crippen molar-refractivity contribution in [1.29, 1.82) is 0 Å². The number of rotatable bonds is 10. The van der Waals surface area contributed by atoms with Crippen LogP contribution in [0.4, 0.5) is 0 Å². The molecule has 0 aromatic rings. The molecule has 104 valence electrons. The summed E-state index contributed by atoms with van der Waals surface area (Å²) < 4.78 is 5.19. The monoisotopic (exact) mass is 243 g/mol. The van der Waals surface area contributed by atoms with Gasteiger partial charge < -0.3 is 10.1 Å². The lowest BCUT2D eigenvalue weighted by molar-refractivity contribution is 0.158. The van der Waals surface area contributed by atoms with E-state index in [0.29, 0.717) is 0 Å². The Morgan fingerprint density at radius 3 is 2.06 bits per heavy atom. The predicted molar refractivity (Wildman–Crippen MR) is 76.3 cm³/mol. The van der Waals surface area contributed by atoms with Gasteiger partial charge in [0.15, 0.2) is 0 Å². The highest BCUT2D eigenvalue weighted by atomic mass is 16.5. The summed E-state index contributed by atoms with van der Waals surface area (Å²) in [5.74, 6) is 3.05. The van der Waals surface area contributed by atoms with Gasteiger partial charge in [-0.25, -0.2) is 0 Å². The first kappa shape index (κ1) is 16.9. The van der Waals surface area contributed by atoms with Gasteiger partial charge in [0, 0.05) is 13.7 Å². The topological polar surface area (TPSA) is 21.3 Å². The van der Waals surface area contributed by atoms with Crippen molar-refractivity contribution in [3.63, 3.8) is 0 Å². The first-order valence-corrected chi connectivity index (χ1v) is 7.17. The van der Waals surface area contributed by atoms with Crippen molar-refractivity contribution in [3.8, 4) is 0 Å². The van der Waals surface area contributed by atoms with Crippen molar-refractivity contribution in [2.24, 2.45) is 23.7 Å². The highest BCUT2D eigenvalue weighted by molar-refractivity contribution is 4.71. The van der Waals surface area contributed by atoms with E-state index < -0.39 is 0 Å². The molecule has 0 aliphatic heterocycles. The molecule has 0 radical (unpaired) electrons. The summed E-state index contributed by atoms with van der Waals surface area (Å²) in [6, 6.07) is 0. The lowest BCUT2D eigenvalue weighted by Crippen LogP contribution is -2.31. The van der Waals surface area contributed by atoms with Gasteiger partial charge in [0.2, 0.25) is 0 Å². The maximum atomic E-state index is 5.19. The van der Waals surface area contributed by atoms with Crippen molar-refractivity contribution < 1.29 is 4.74 Å². The number of ether oxygens (including phenoxy) is 1. The molecule has 0 fully saturated rings. The smallest absolute Gasteiger partial charge is 0.0464 e. The van der Waals surface area contributed by atoms with Crippen LogP contribution >= 0.6 is 0 Å². The zero-order valence-corrected chi connectivity index (χ0v) is 12.8. The first-order chi connectivity index (χ1) is 7.97. The average Bonchev–Trinajstić information content (AvgIpc) is 2.23. The lowest BCUT2D eigenvalue weighted by atomic mass is 9.84. The van der Waals surface area contributed by atoms with E-state index in [9.17, 15) is 0 Å². The van der Waals surface area contributed by atoms with Gasteiger partial charge in [0.25, 0.3) is 0 Å². The van der Waals surface area contributed by atoms with Crippen LogP contribution in [0.25, 0.3) is 0 Å². The van der Waals surface area contributed by atoms with Gasteiger partial charge in [0.05, 0.1) is 0 Å². The second-order valence-electron chi connectivity index (χ2n) is 6.20. The van der Waals surface area contributed by atoms with Crippen LogP contribution in [0.3, 0.4) is 0 Å². The van der Waals surface area contributed by atoms with E-state index in [1.165, 1.54) is 12.8 Å². The minimum atomic E-state index is 0.740. The quantitative estimate of drug-likeness (QED) is 0.633. The Hall–Kier alpha value is -0.0800. The third kappa shape index (κ3) is 9.61. The summed E-state index contributed by atoms with van der Waals surface area (Å²) in [4.78, 5) is 0. The fraction of sp³-hybridized carbons (Fsp3) is 1.00. The van der Waals surface area contributed by atoms with Crippen LogP contribution in [0.15, 0.2) is 0 Å². The maximum absolute atomic E-state index is 5.19. The van der Waals surface area contributed by atoms with Gasteiger partial charge >= 0.3 is 0 Å². The third-order valence-corrected chi connectivity index (χ3v) is 3.32. The Kier molecular flexibility index (Phi) is 9.85. The molecule has 2 heteroatoms. The first-order valence-electron chi connectivity index (χ1n) is 7.17. The van der Waals surface area contributed by atoms with Gasteiger partial charge in [-0.1, -0.05) is 34.6 Å². The van der Waals surface area contributed by atoms with E-state index in [0.717, 1.165) is 43.4 Å². The van der Waals surface area contributed by atoms with Crippen LogP contribution in [0.1, 0.15) is 47.5 Å². The SMILES string of the molecule is COCCC(C)C(CNCC(C)C)CC(C)C. The average molecular weight is 243 g/mol. The van der Waals surface area contributed by atoms with Crippen molar-refractivity contribution in [2.75, 3.05) is 26.8 Å². The fourth-order valence-corrected chi connectivity index (χ4v) is 2.22. The number of nitrogens with one attached hydrogen (secondary N) is 1. The van der Waals surface area contributed by atoms with Crippen LogP contribution in [-0.2, 0) is 4.74 Å². The summed E-state index contributed by atoms with van der Waals surface area (Å²) in [7, 11) is 1.79. The molecule has 0 rings (SSSR count). The molecule has 0 amide bonds. The molecule has 2 atom stereocenters. The molecule has 0 aromatic heterocycles. The zero-order valence-electron chi connectivity index (χ0n) is 12.8. The number of methoxy groups -OCH3 is 1. The van der Waals surface area contributed by atoms with Gasteiger partial charge in [-0.05, 0) is 49.6 Å². The Bertz CT molecular complexity index is 168. The zero-order chi connectivity index (χ0) is 13.3. The maximum Gasteiger partial charge on any atom is 0.0464 e. The molecule has 0 bridgehead atoms. The van der Waals surface area contributed by atoms with Crippen LogP contribution in [-0.4, -0.2) is 26.8 Å². The summed E-state index contributed by atoms with van der Waals surface area (Å²) in [6.07, 6.45) is 2.49. The summed E-state index contributed by atoms with van der Waals surface area (Å²) in [5.41, 5.74) is 0. The Balaban J connectivity index is 4.02. The molecule has 0 saturated carbocycles. The number of hydrogen-bond donors (Lipinski definition) is 1. The molecular weight excluding hydrogens is 210 g/mol. The van der Waals surface area contributed by atoms with E-state index >= 15 is 0 Å². The van der Waals surface area contributed by atoms with E-state index in [1.54, 1.807) is 7.11 Å². The van der Waals surface area contributed by atoms with Crippen LogP contribution in [0.2, 0.25) is 0 Å². The lowest BCUT2D eigenvalue weighted by Gasteiger charge is -2.26. The van der Waals surface area contributed by atoms with Crippen molar-refractivity contribution in [2.45, 2.75) is 47.5 Å². The van der Waals surface area contributed by atoms with Crippen molar-refractivity contribution in [1.82, 2.24) is 5.32 Å². The minimum Gasteiger partial charge on any atom is -0.385 e. The highest BCUT2D eigenvalue weighted by Gasteiger charge is 2.18.